The number of hydrogen-bond donors (Lipinski definition) is 3. The van der Waals surface area contributed by atoms with Crippen molar-refractivity contribution in [2.45, 2.75) is 57.0 Å². The summed E-state index contributed by atoms with van der Waals surface area (Å²) in [7, 11) is 0. The summed E-state index contributed by atoms with van der Waals surface area (Å²) in [6.45, 7) is 3.40. The van der Waals surface area contributed by atoms with Crippen LogP contribution in [0.25, 0.3) is 10.8 Å². The maximum atomic E-state index is 13.8. The van der Waals surface area contributed by atoms with Crippen molar-refractivity contribution in [1.29, 1.82) is 0 Å². The fourth-order valence-electron chi connectivity index (χ4n) is 5.32. The molecule has 11 nitrogen and oxygen atoms in total. The zero-order chi connectivity index (χ0) is 27.0. The van der Waals surface area contributed by atoms with Gasteiger partial charge in [0.25, 0.3) is 11.6 Å². The number of amides is 1. The highest BCUT2D eigenvalue weighted by Crippen LogP contribution is 2.44. The Labute approximate surface area is 212 Å². The van der Waals surface area contributed by atoms with Gasteiger partial charge < -0.3 is 25.1 Å². The molecule has 2 fully saturated rings. The molecule has 2 aliphatic heterocycles. The molecule has 196 valence electrons. The van der Waals surface area contributed by atoms with Crippen molar-refractivity contribution < 1.29 is 38.9 Å². The highest BCUT2D eigenvalue weighted by Gasteiger charge is 2.68. The minimum Gasteiger partial charge on any atom is -0.481 e. The first-order valence-electron chi connectivity index (χ1n) is 12.1. The van der Waals surface area contributed by atoms with Crippen LogP contribution in [-0.4, -0.2) is 74.3 Å². The van der Waals surface area contributed by atoms with Crippen molar-refractivity contribution in [1.82, 2.24) is 15.3 Å². The van der Waals surface area contributed by atoms with Crippen LogP contribution in [-0.2, 0) is 23.9 Å². The van der Waals surface area contributed by atoms with E-state index >= 15 is 0 Å². The van der Waals surface area contributed by atoms with Crippen molar-refractivity contribution in [2.75, 3.05) is 6.54 Å². The summed E-state index contributed by atoms with van der Waals surface area (Å²) in [6, 6.07) is 11.1. The van der Waals surface area contributed by atoms with Crippen molar-refractivity contribution >= 4 is 40.9 Å². The molecule has 2 heterocycles. The summed E-state index contributed by atoms with van der Waals surface area (Å²) in [4.78, 5) is 63.6. The second kappa shape index (κ2) is 9.91. The van der Waals surface area contributed by atoms with E-state index in [-0.39, 0.29) is 24.9 Å². The van der Waals surface area contributed by atoms with E-state index in [4.69, 9.17) is 4.74 Å². The summed E-state index contributed by atoms with van der Waals surface area (Å²) >= 11 is 0. The minimum absolute atomic E-state index is 0.0273. The largest absolute Gasteiger partial charge is 0.481 e. The first-order valence-corrected chi connectivity index (χ1v) is 12.1. The molecule has 3 atom stereocenters. The number of nitrogens with one attached hydrogen (secondary N) is 1. The third-order valence-corrected chi connectivity index (χ3v) is 7.13. The number of nitrogens with zero attached hydrogens (tertiary/aromatic N) is 2. The van der Waals surface area contributed by atoms with E-state index in [1.165, 1.54) is 10.0 Å². The highest BCUT2D eigenvalue weighted by molar-refractivity contribution is 6.08. The van der Waals surface area contributed by atoms with Gasteiger partial charge in [0, 0.05) is 30.9 Å². The Bertz CT molecular complexity index is 1260. The number of carboxylic acid groups (broad SMARTS) is 2. The lowest BCUT2D eigenvalue weighted by Crippen LogP contribution is -2.82. The minimum atomic E-state index is -2.07. The lowest BCUT2D eigenvalue weighted by molar-refractivity contribution is -0.299. The number of carbonyl (C=O) groups is 5. The molecule has 2 aliphatic rings. The van der Waals surface area contributed by atoms with Gasteiger partial charge in [-0.15, -0.1) is 0 Å². The molecule has 4 rings (SSSR count). The third kappa shape index (κ3) is 4.23. The van der Waals surface area contributed by atoms with Gasteiger partial charge in [0.2, 0.25) is 5.66 Å². The quantitative estimate of drug-likeness (QED) is 0.336. The van der Waals surface area contributed by atoms with Gasteiger partial charge in [-0.05, 0) is 29.7 Å². The Morgan fingerprint density at radius 2 is 1.84 bits per heavy atom. The van der Waals surface area contributed by atoms with Gasteiger partial charge in [0.1, 0.15) is 6.29 Å². The van der Waals surface area contributed by atoms with Gasteiger partial charge in [0.05, 0.1) is 6.04 Å². The summed E-state index contributed by atoms with van der Waals surface area (Å²) in [5, 5.41) is 26.1. The van der Waals surface area contributed by atoms with Gasteiger partial charge in [-0.2, -0.15) is 10.0 Å². The van der Waals surface area contributed by atoms with Gasteiger partial charge in [-0.3, -0.25) is 9.59 Å². The topological polar surface area (TPSA) is 154 Å². The zero-order valence-corrected chi connectivity index (χ0v) is 20.5. The SMILES string of the molecule is CC(C)C1(NC(=O)c2cccc3ccccc23)C(=O)OC2(C(=O)O)CCCN2N1C(C=O)CCC(=O)O. The van der Waals surface area contributed by atoms with E-state index in [0.29, 0.717) is 18.1 Å². The molecular weight excluding hydrogens is 482 g/mol. The van der Waals surface area contributed by atoms with Crippen molar-refractivity contribution in [3.8, 4) is 0 Å². The van der Waals surface area contributed by atoms with E-state index in [0.717, 1.165) is 5.39 Å². The second-order valence-corrected chi connectivity index (χ2v) is 9.59. The number of hydrogen-bond acceptors (Lipinski definition) is 8. The smallest absolute Gasteiger partial charge is 0.365 e. The number of hydrazine groups is 1. The molecule has 3 N–H and O–H groups in total. The molecule has 3 unspecified atom stereocenters. The van der Waals surface area contributed by atoms with Crippen LogP contribution in [0.15, 0.2) is 42.5 Å². The number of benzene rings is 2. The van der Waals surface area contributed by atoms with Gasteiger partial charge in [0.15, 0.2) is 0 Å². The van der Waals surface area contributed by atoms with Crippen LogP contribution in [0, 0.1) is 5.92 Å². The number of ether oxygens (including phenoxy) is 1. The fraction of sp³-hybridized carbons (Fsp3) is 0.423. The lowest BCUT2D eigenvalue weighted by atomic mass is 9.90. The average molecular weight is 512 g/mol. The highest BCUT2D eigenvalue weighted by atomic mass is 16.6. The summed E-state index contributed by atoms with van der Waals surface area (Å²) in [5.41, 5.74) is -3.78. The number of carboxylic acids is 2. The molecule has 2 aromatic carbocycles. The molecular formula is C26H29N3O8. The van der Waals surface area contributed by atoms with E-state index in [1.54, 1.807) is 38.1 Å². The van der Waals surface area contributed by atoms with Crippen molar-refractivity contribution in [2.24, 2.45) is 5.92 Å². The van der Waals surface area contributed by atoms with E-state index in [1.807, 2.05) is 18.2 Å². The molecule has 1 amide bonds. The van der Waals surface area contributed by atoms with E-state index in [2.05, 4.69) is 5.32 Å². The van der Waals surface area contributed by atoms with Crippen molar-refractivity contribution in [3.05, 3.63) is 48.0 Å². The Kier molecular flexibility index (Phi) is 7.03. The second-order valence-electron chi connectivity index (χ2n) is 9.59. The van der Waals surface area contributed by atoms with Gasteiger partial charge in [-0.25, -0.2) is 9.59 Å². The number of esters is 1. The normalized spacial score (nSPS) is 24.9. The summed E-state index contributed by atoms with van der Waals surface area (Å²) < 4.78 is 5.61. The Balaban J connectivity index is 1.86. The maximum Gasteiger partial charge on any atom is 0.365 e. The molecule has 0 saturated carbocycles. The average Bonchev–Trinajstić information content (AvgIpc) is 3.29. The van der Waals surface area contributed by atoms with Gasteiger partial charge in [-0.1, -0.05) is 50.2 Å². The van der Waals surface area contributed by atoms with Crippen LogP contribution in [0.5, 0.6) is 0 Å². The van der Waals surface area contributed by atoms with Gasteiger partial charge >= 0.3 is 17.9 Å². The molecule has 11 heteroatoms. The Morgan fingerprint density at radius 3 is 2.49 bits per heavy atom. The predicted molar refractivity (Wildman–Crippen MR) is 130 cm³/mol. The van der Waals surface area contributed by atoms with Crippen LogP contribution < -0.4 is 5.32 Å². The van der Waals surface area contributed by atoms with Crippen LogP contribution in [0.4, 0.5) is 0 Å². The number of rotatable bonds is 9. The number of aldehydes is 1. The predicted octanol–water partition coefficient (Wildman–Crippen LogP) is 2.00. The van der Waals surface area contributed by atoms with Crippen LogP contribution in [0.2, 0.25) is 0 Å². The van der Waals surface area contributed by atoms with Crippen LogP contribution >= 0.6 is 0 Å². The molecule has 0 aromatic heterocycles. The van der Waals surface area contributed by atoms with E-state index in [9.17, 15) is 34.2 Å². The monoisotopic (exact) mass is 511 g/mol. The first kappa shape index (κ1) is 26.2. The molecule has 0 radical (unpaired) electrons. The van der Waals surface area contributed by atoms with E-state index < -0.39 is 53.6 Å². The van der Waals surface area contributed by atoms with Crippen LogP contribution in [0.1, 0.15) is 49.9 Å². The number of aliphatic carboxylic acids is 2. The Hall–Kier alpha value is -3.83. The lowest BCUT2D eigenvalue weighted by Gasteiger charge is -2.57. The number of fused-ring (bicyclic) bond motifs is 2. The molecule has 2 saturated heterocycles. The molecule has 2 aromatic rings. The first-order chi connectivity index (χ1) is 17.6. The molecule has 0 aliphatic carbocycles. The molecule has 0 bridgehead atoms. The number of carbonyl (C=O) groups excluding carboxylic acids is 3. The fourth-order valence-corrected chi connectivity index (χ4v) is 5.32. The molecule has 0 spiro atoms. The Morgan fingerprint density at radius 1 is 1.14 bits per heavy atom. The maximum absolute atomic E-state index is 13.8. The van der Waals surface area contributed by atoms with Crippen molar-refractivity contribution in [3.63, 3.8) is 0 Å². The molecule has 37 heavy (non-hydrogen) atoms. The zero-order valence-electron chi connectivity index (χ0n) is 20.5. The standard InChI is InChI=1S/C26H29N3O8/c1-16(2)26(27-22(33)20-10-5-8-17-7-3-4-9-19(17)20)24(36)37-25(23(34)35)13-6-14-28(25)29(26)18(15-30)11-12-21(31)32/h3-5,7-10,15-16,18H,6,11-14H2,1-2H3,(H,27,33)(H,31,32)(H,34,35). The third-order valence-electron chi connectivity index (χ3n) is 7.13. The summed E-state index contributed by atoms with van der Waals surface area (Å²) in [5.74, 6) is -4.94. The summed E-state index contributed by atoms with van der Waals surface area (Å²) in [6.07, 6.45) is 0.172. The van der Waals surface area contributed by atoms with Crippen LogP contribution in [0.3, 0.4) is 0 Å².